The molecular formula is C13H19NO. The van der Waals surface area contributed by atoms with Gasteiger partial charge in [0, 0.05) is 17.8 Å². The Hall–Kier alpha value is -1.70. The minimum atomic E-state index is 0.541. The largest absolute Gasteiger partial charge is 0.494 e. The first-order valence-corrected chi connectivity index (χ1v) is 4.80. The lowest BCUT2D eigenvalue weighted by molar-refractivity contribution is 0.228. The van der Waals surface area contributed by atoms with Crippen LogP contribution in [0.25, 0.3) is 0 Å². The van der Waals surface area contributed by atoms with E-state index in [0.29, 0.717) is 18.8 Å². The molecule has 0 aromatic rings. The maximum Gasteiger partial charge on any atom is 0.111 e. The molecular weight excluding hydrogens is 186 g/mol. The van der Waals surface area contributed by atoms with Crippen molar-refractivity contribution in [1.82, 2.24) is 5.32 Å². The molecule has 0 saturated carbocycles. The fourth-order valence-electron chi connectivity index (χ4n) is 0.897. The number of hydrogen-bond acceptors (Lipinski definition) is 2. The maximum atomic E-state index is 5.24. The molecule has 0 amide bonds. The summed E-state index contributed by atoms with van der Waals surface area (Å²) in [6.45, 7) is 17.3. The van der Waals surface area contributed by atoms with Gasteiger partial charge in [0.05, 0.1) is 6.61 Å². The van der Waals surface area contributed by atoms with E-state index in [1.165, 1.54) is 0 Å². The van der Waals surface area contributed by atoms with Gasteiger partial charge in [0.15, 0.2) is 0 Å². The molecule has 2 heteroatoms. The van der Waals surface area contributed by atoms with Gasteiger partial charge in [-0.05, 0) is 19.1 Å². The van der Waals surface area contributed by atoms with Crippen LogP contribution < -0.4 is 5.32 Å². The van der Waals surface area contributed by atoms with E-state index in [9.17, 15) is 0 Å². The highest BCUT2D eigenvalue weighted by atomic mass is 16.5. The monoisotopic (exact) mass is 205 g/mol. The molecule has 0 aliphatic carbocycles. The van der Waals surface area contributed by atoms with Gasteiger partial charge >= 0.3 is 0 Å². The SMILES string of the molecule is C=CC(=C)OCCC(=C)NC(=C)/C=C\C. The van der Waals surface area contributed by atoms with Crippen LogP contribution in [0.2, 0.25) is 0 Å². The standard InChI is InChI=1S/C13H19NO/c1-6-8-11(3)14-12(4)9-10-15-13(5)7-2/h6-8,14H,2-5,9-10H2,1H3/b8-6-. The highest BCUT2D eigenvalue weighted by Gasteiger charge is 1.95. The van der Waals surface area contributed by atoms with Gasteiger partial charge < -0.3 is 10.1 Å². The van der Waals surface area contributed by atoms with E-state index in [2.05, 4.69) is 31.6 Å². The molecule has 1 N–H and O–H groups in total. The summed E-state index contributed by atoms with van der Waals surface area (Å²) in [5.41, 5.74) is 1.69. The average molecular weight is 205 g/mol. The first-order valence-electron chi connectivity index (χ1n) is 4.80. The Balaban J connectivity index is 3.71. The molecule has 15 heavy (non-hydrogen) atoms. The molecule has 0 heterocycles. The van der Waals surface area contributed by atoms with Crippen LogP contribution in [0.4, 0.5) is 0 Å². The van der Waals surface area contributed by atoms with Crippen LogP contribution >= 0.6 is 0 Å². The van der Waals surface area contributed by atoms with E-state index in [1.807, 2.05) is 19.1 Å². The molecule has 0 aromatic carbocycles. The van der Waals surface area contributed by atoms with E-state index >= 15 is 0 Å². The molecule has 0 atom stereocenters. The first kappa shape index (κ1) is 13.3. The Kier molecular flexibility index (Phi) is 6.81. The first-order chi connectivity index (χ1) is 7.10. The maximum absolute atomic E-state index is 5.24. The third-order valence-electron chi connectivity index (χ3n) is 1.62. The molecule has 0 bridgehead atoms. The minimum Gasteiger partial charge on any atom is -0.494 e. The van der Waals surface area contributed by atoms with Crippen molar-refractivity contribution in [2.24, 2.45) is 0 Å². The van der Waals surface area contributed by atoms with Gasteiger partial charge in [0.1, 0.15) is 5.76 Å². The summed E-state index contributed by atoms with van der Waals surface area (Å²) in [5, 5.41) is 3.06. The summed E-state index contributed by atoms with van der Waals surface area (Å²) in [4.78, 5) is 0. The second kappa shape index (κ2) is 7.68. The topological polar surface area (TPSA) is 21.3 Å². The van der Waals surface area contributed by atoms with Gasteiger partial charge in [-0.15, -0.1) is 0 Å². The molecule has 0 rings (SSSR count). The lowest BCUT2D eigenvalue weighted by atomic mass is 10.3. The Morgan fingerprint density at radius 1 is 1.33 bits per heavy atom. The fourth-order valence-corrected chi connectivity index (χ4v) is 0.897. The fraction of sp³-hybridized carbons (Fsp3) is 0.231. The van der Waals surface area contributed by atoms with E-state index in [4.69, 9.17) is 4.74 Å². The Bertz CT molecular complexity index is 287. The van der Waals surface area contributed by atoms with Crippen molar-refractivity contribution in [2.75, 3.05) is 6.61 Å². The molecule has 0 spiro atoms. The summed E-state index contributed by atoms with van der Waals surface area (Å²) in [6, 6.07) is 0. The summed E-state index contributed by atoms with van der Waals surface area (Å²) in [6.07, 6.45) is 6.09. The number of ether oxygens (including phenoxy) is 1. The van der Waals surface area contributed by atoms with Crippen molar-refractivity contribution in [3.8, 4) is 0 Å². The van der Waals surface area contributed by atoms with Crippen LogP contribution in [0, 0.1) is 0 Å². The van der Waals surface area contributed by atoms with Crippen molar-refractivity contribution >= 4 is 0 Å². The Morgan fingerprint density at radius 2 is 2.00 bits per heavy atom. The van der Waals surface area contributed by atoms with Gasteiger partial charge in [-0.3, -0.25) is 0 Å². The molecule has 0 unspecified atom stereocenters. The molecule has 0 saturated heterocycles. The lowest BCUT2D eigenvalue weighted by Gasteiger charge is -2.10. The van der Waals surface area contributed by atoms with E-state index in [-0.39, 0.29) is 0 Å². The molecule has 82 valence electrons. The second-order valence-corrected chi connectivity index (χ2v) is 3.02. The normalized spacial score (nSPS) is 9.67. The predicted molar refractivity (Wildman–Crippen MR) is 66.1 cm³/mol. The third-order valence-corrected chi connectivity index (χ3v) is 1.62. The van der Waals surface area contributed by atoms with Crippen LogP contribution in [0.5, 0.6) is 0 Å². The van der Waals surface area contributed by atoms with Crippen LogP contribution in [0.15, 0.2) is 61.7 Å². The van der Waals surface area contributed by atoms with Crippen molar-refractivity contribution in [3.63, 3.8) is 0 Å². The molecule has 0 aromatic heterocycles. The average Bonchev–Trinajstić information content (AvgIpc) is 2.17. The van der Waals surface area contributed by atoms with E-state index in [1.54, 1.807) is 6.08 Å². The van der Waals surface area contributed by atoms with Crippen LogP contribution in [-0.4, -0.2) is 6.61 Å². The smallest absolute Gasteiger partial charge is 0.111 e. The zero-order valence-electron chi connectivity index (χ0n) is 9.38. The van der Waals surface area contributed by atoms with Crippen LogP contribution in [-0.2, 0) is 4.74 Å². The molecule has 0 fully saturated rings. The van der Waals surface area contributed by atoms with Gasteiger partial charge in [-0.25, -0.2) is 0 Å². The van der Waals surface area contributed by atoms with E-state index in [0.717, 1.165) is 11.4 Å². The predicted octanol–water partition coefficient (Wildman–Crippen LogP) is 3.29. The Labute approximate surface area is 92.3 Å². The minimum absolute atomic E-state index is 0.541. The van der Waals surface area contributed by atoms with Crippen molar-refractivity contribution in [1.29, 1.82) is 0 Å². The van der Waals surface area contributed by atoms with Crippen molar-refractivity contribution in [3.05, 3.63) is 61.7 Å². The van der Waals surface area contributed by atoms with Gasteiger partial charge in [0.25, 0.3) is 0 Å². The second-order valence-electron chi connectivity index (χ2n) is 3.02. The molecule has 2 nitrogen and oxygen atoms in total. The Morgan fingerprint density at radius 3 is 2.53 bits per heavy atom. The number of nitrogens with one attached hydrogen (secondary N) is 1. The zero-order valence-corrected chi connectivity index (χ0v) is 9.38. The molecule has 0 radical (unpaired) electrons. The van der Waals surface area contributed by atoms with Crippen molar-refractivity contribution in [2.45, 2.75) is 13.3 Å². The molecule has 0 aliphatic heterocycles. The highest BCUT2D eigenvalue weighted by molar-refractivity contribution is 5.16. The van der Waals surface area contributed by atoms with Gasteiger partial charge in [0.2, 0.25) is 0 Å². The number of allylic oxidation sites excluding steroid dienone is 3. The molecule has 0 aliphatic rings. The third kappa shape index (κ3) is 7.38. The summed E-state index contributed by atoms with van der Waals surface area (Å²) >= 11 is 0. The van der Waals surface area contributed by atoms with Crippen LogP contribution in [0.1, 0.15) is 13.3 Å². The number of hydrogen-bond donors (Lipinski definition) is 1. The summed E-state index contributed by atoms with van der Waals surface area (Å²) in [5.74, 6) is 0.579. The van der Waals surface area contributed by atoms with E-state index < -0.39 is 0 Å². The number of rotatable bonds is 8. The highest BCUT2D eigenvalue weighted by Crippen LogP contribution is 2.01. The zero-order chi connectivity index (χ0) is 11.7. The van der Waals surface area contributed by atoms with Crippen molar-refractivity contribution < 1.29 is 4.74 Å². The van der Waals surface area contributed by atoms with Crippen LogP contribution in [0.3, 0.4) is 0 Å². The summed E-state index contributed by atoms with van der Waals surface area (Å²) < 4.78 is 5.24. The lowest BCUT2D eigenvalue weighted by Crippen LogP contribution is -2.11. The summed E-state index contributed by atoms with van der Waals surface area (Å²) in [7, 11) is 0. The van der Waals surface area contributed by atoms with Gasteiger partial charge in [-0.2, -0.15) is 0 Å². The quantitative estimate of drug-likeness (QED) is 0.485. The van der Waals surface area contributed by atoms with Gasteiger partial charge in [-0.1, -0.05) is 32.4 Å².